The third-order valence-corrected chi connectivity index (χ3v) is 2.28. The zero-order chi connectivity index (χ0) is 13.1. The standard InChI is InChI=1S/C11H7F2N3O2/c12-9-3-1-2-7(11(9)13)4-10-14-5-8(6-15-10)16(17)18/h1-3,5-6H,4H2. The van der Waals surface area contributed by atoms with Gasteiger partial charge in [0.25, 0.3) is 0 Å². The molecule has 0 saturated carbocycles. The molecule has 5 nitrogen and oxygen atoms in total. The van der Waals surface area contributed by atoms with Crippen molar-refractivity contribution in [2.75, 3.05) is 0 Å². The average molecular weight is 251 g/mol. The SMILES string of the molecule is O=[N+]([O-])c1cnc(Cc2cccc(F)c2F)nc1. The zero-order valence-corrected chi connectivity index (χ0v) is 9.01. The van der Waals surface area contributed by atoms with Gasteiger partial charge < -0.3 is 0 Å². The molecule has 0 spiro atoms. The Balaban J connectivity index is 2.24. The number of nitrogens with zero attached hydrogens (tertiary/aromatic N) is 3. The fourth-order valence-electron chi connectivity index (χ4n) is 1.39. The summed E-state index contributed by atoms with van der Waals surface area (Å²) in [7, 11) is 0. The van der Waals surface area contributed by atoms with Gasteiger partial charge in [-0.05, 0) is 11.6 Å². The topological polar surface area (TPSA) is 68.9 Å². The highest BCUT2D eigenvalue weighted by atomic mass is 19.2. The highest BCUT2D eigenvalue weighted by molar-refractivity contribution is 5.25. The van der Waals surface area contributed by atoms with E-state index in [1.54, 1.807) is 0 Å². The summed E-state index contributed by atoms with van der Waals surface area (Å²) in [5.41, 5.74) is -0.151. The maximum Gasteiger partial charge on any atom is 0.305 e. The second-order valence-electron chi connectivity index (χ2n) is 3.50. The van der Waals surface area contributed by atoms with Crippen molar-refractivity contribution >= 4 is 5.69 Å². The van der Waals surface area contributed by atoms with Gasteiger partial charge >= 0.3 is 5.69 Å². The number of benzene rings is 1. The summed E-state index contributed by atoms with van der Waals surface area (Å²) >= 11 is 0. The van der Waals surface area contributed by atoms with E-state index in [4.69, 9.17) is 0 Å². The largest absolute Gasteiger partial charge is 0.305 e. The van der Waals surface area contributed by atoms with Gasteiger partial charge in [0, 0.05) is 6.42 Å². The Labute approximate surface area is 100 Å². The van der Waals surface area contributed by atoms with Crippen molar-refractivity contribution < 1.29 is 13.7 Å². The van der Waals surface area contributed by atoms with Gasteiger partial charge in [0.05, 0.1) is 4.92 Å². The van der Waals surface area contributed by atoms with E-state index in [9.17, 15) is 18.9 Å². The minimum absolute atomic E-state index is 0.0262. The predicted octanol–water partition coefficient (Wildman–Crippen LogP) is 2.25. The lowest BCUT2D eigenvalue weighted by Crippen LogP contribution is -2.01. The lowest BCUT2D eigenvalue weighted by Gasteiger charge is -2.02. The van der Waals surface area contributed by atoms with Crippen LogP contribution in [0.5, 0.6) is 0 Å². The van der Waals surface area contributed by atoms with Crippen LogP contribution in [0.25, 0.3) is 0 Å². The van der Waals surface area contributed by atoms with Gasteiger partial charge in [0.2, 0.25) is 0 Å². The van der Waals surface area contributed by atoms with Crippen LogP contribution in [0.4, 0.5) is 14.5 Å². The number of halogens is 2. The van der Waals surface area contributed by atoms with Crippen molar-refractivity contribution in [3.05, 3.63) is 63.7 Å². The van der Waals surface area contributed by atoms with Crippen LogP contribution in [-0.2, 0) is 6.42 Å². The van der Waals surface area contributed by atoms with Crippen LogP contribution in [0, 0.1) is 21.7 Å². The van der Waals surface area contributed by atoms with E-state index in [-0.39, 0.29) is 23.5 Å². The Morgan fingerprint density at radius 3 is 2.50 bits per heavy atom. The molecule has 1 aromatic carbocycles. The van der Waals surface area contributed by atoms with Crippen LogP contribution in [0.1, 0.15) is 11.4 Å². The van der Waals surface area contributed by atoms with Gasteiger partial charge in [0.15, 0.2) is 11.6 Å². The van der Waals surface area contributed by atoms with Crippen LogP contribution in [0.3, 0.4) is 0 Å². The fraction of sp³-hybridized carbons (Fsp3) is 0.0909. The molecule has 7 heteroatoms. The van der Waals surface area contributed by atoms with Gasteiger partial charge in [-0.3, -0.25) is 10.1 Å². The van der Waals surface area contributed by atoms with Crippen molar-refractivity contribution in [2.45, 2.75) is 6.42 Å². The first-order chi connectivity index (χ1) is 8.58. The molecule has 0 bridgehead atoms. The first-order valence-corrected chi connectivity index (χ1v) is 4.96. The van der Waals surface area contributed by atoms with Crippen LogP contribution in [0.2, 0.25) is 0 Å². The van der Waals surface area contributed by atoms with Crippen molar-refractivity contribution in [3.8, 4) is 0 Å². The molecule has 0 fully saturated rings. The minimum atomic E-state index is -0.959. The molecule has 0 radical (unpaired) electrons. The van der Waals surface area contributed by atoms with Gasteiger partial charge in [-0.2, -0.15) is 0 Å². The predicted molar refractivity (Wildman–Crippen MR) is 57.9 cm³/mol. The Morgan fingerprint density at radius 1 is 1.22 bits per heavy atom. The highest BCUT2D eigenvalue weighted by Crippen LogP contribution is 2.15. The Hall–Kier alpha value is -2.44. The maximum atomic E-state index is 13.4. The van der Waals surface area contributed by atoms with E-state index in [2.05, 4.69) is 9.97 Å². The molecule has 0 atom stereocenters. The maximum absolute atomic E-state index is 13.4. The normalized spacial score (nSPS) is 10.3. The van der Waals surface area contributed by atoms with Crippen LogP contribution >= 0.6 is 0 Å². The van der Waals surface area contributed by atoms with Crippen LogP contribution in [-0.4, -0.2) is 14.9 Å². The summed E-state index contributed by atoms with van der Waals surface area (Å²) < 4.78 is 26.3. The van der Waals surface area contributed by atoms with E-state index in [0.29, 0.717) is 0 Å². The quantitative estimate of drug-likeness (QED) is 0.619. The van der Waals surface area contributed by atoms with Crippen LogP contribution in [0.15, 0.2) is 30.6 Å². The Bertz CT molecular complexity index is 587. The summed E-state index contributed by atoms with van der Waals surface area (Å²) in [6.45, 7) is 0. The summed E-state index contributed by atoms with van der Waals surface area (Å²) in [6.07, 6.45) is 2.03. The Morgan fingerprint density at radius 2 is 1.89 bits per heavy atom. The van der Waals surface area contributed by atoms with Gasteiger partial charge in [-0.1, -0.05) is 12.1 Å². The summed E-state index contributed by atoms with van der Waals surface area (Å²) in [5.74, 6) is -1.72. The molecular formula is C11H7F2N3O2. The lowest BCUT2D eigenvalue weighted by atomic mass is 10.1. The molecule has 2 aromatic rings. The van der Waals surface area contributed by atoms with Gasteiger partial charge in [-0.25, -0.2) is 18.7 Å². The van der Waals surface area contributed by atoms with E-state index in [1.165, 1.54) is 12.1 Å². The van der Waals surface area contributed by atoms with E-state index in [1.807, 2.05) is 0 Å². The smallest absolute Gasteiger partial charge is 0.258 e. The van der Waals surface area contributed by atoms with Gasteiger partial charge in [0.1, 0.15) is 18.2 Å². The molecule has 0 unspecified atom stereocenters. The third-order valence-electron chi connectivity index (χ3n) is 2.28. The number of aromatic nitrogens is 2. The second kappa shape index (κ2) is 4.82. The molecule has 0 amide bonds. The van der Waals surface area contributed by atoms with Crippen molar-refractivity contribution in [2.24, 2.45) is 0 Å². The molecule has 2 rings (SSSR count). The summed E-state index contributed by atoms with van der Waals surface area (Å²) in [6, 6.07) is 3.79. The molecule has 1 aromatic heterocycles. The molecule has 18 heavy (non-hydrogen) atoms. The van der Waals surface area contributed by atoms with E-state index in [0.717, 1.165) is 18.5 Å². The number of rotatable bonds is 3. The van der Waals surface area contributed by atoms with Crippen LogP contribution < -0.4 is 0 Å². The van der Waals surface area contributed by atoms with Gasteiger partial charge in [-0.15, -0.1) is 0 Å². The number of hydrogen-bond donors (Lipinski definition) is 0. The minimum Gasteiger partial charge on any atom is -0.258 e. The number of hydrogen-bond acceptors (Lipinski definition) is 4. The zero-order valence-electron chi connectivity index (χ0n) is 9.01. The van der Waals surface area contributed by atoms with Crippen molar-refractivity contribution in [1.82, 2.24) is 9.97 Å². The first kappa shape index (κ1) is 12.0. The first-order valence-electron chi connectivity index (χ1n) is 4.96. The molecule has 92 valence electrons. The molecular weight excluding hydrogens is 244 g/mol. The average Bonchev–Trinajstić information content (AvgIpc) is 2.36. The third kappa shape index (κ3) is 2.45. The summed E-state index contributed by atoms with van der Waals surface area (Å²) in [4.78, 5) is 17.2. The number of nitro groups is 1. The molecule has 0 aliphatic carbocycles. The molecule has 1 heterocycles. The highest BCUT2D eigenvalue weighted by Gasteiger charge is 2.11. The summed E-state index contributed by atoms with van der Waals surface area (Å²) in [5, 5.41) is 10.4. The fourth-order valence-corrected chi connectivity index (χ4v) is 1.39. The van der Waals surface area contributed by atoms with E-state index >= 15 is 0 Å². The molecule has 0 aliphatic rings. The molecule has 0 saturated heterocycles. The molecule has 0 N–H and O–H groups in total. The second-order valence-corrected chi connectivity index (χ2v) is 3.50. The van der Waals surface area contributed by atoms with Crippen molar-refractivity contribution in [3.63, 3.8) is 0 Å². The molecule has 0 aliphatic heterocycles. The Kier molecular flexibility index (Phi) is 3.22. The van der Waals surface area contributed by atoms with E-state index < -0.39 is 16.6 Å². The monoisotopic (exact) mass is 251 g/mol. The lowest BCUT2D eigenvalue weighted by molar-refractivity contribution is -0.385. The van der Waals surface area contributed by atoms with Crippen molar-refractivity contribution in [1.29, 1.82) is 0 Å².